The maximum atomic E-state index is 9.88. The number of nitrogens with one attached hydrogen (secondary N) is 1. The zero-order valence-corrected chi connectivity index (χ0v) is 8.38. The van der Waals surface area contributed by atoms with Crippen LogP contribution in [0.5, 0.6) is 0 Å². The van der Waals surface area contributed by atoms with Crippen LogP contribution < -0.4 is 5.32 Å². The summed E-state index contributed by atoms with van der Waals surface area (Å²) in [6.45, 7) is 4.94. The van der Waals surface area contributed by atoms with Gasteiger partial charge < -0.3 is 10.4 Å². The second kappa shape index (κ2) is 4.08. The van der Waals surface area contributed by atoms with Crippen molar-refractivity contribution in [3.8, 4) is 6.07 Å². The molecule has 0 aromatic heterocycles. The molecule has 0 aliphatic carbocycles. The van der Waals surface area contributed by atoms with E-state index in [2.05, 4.69) is 18.3 Å². The van der Waals surface area contributed by atoms with Gasteiger partial charge in [0.1, 0.15) is 0 Å². The quantitative estimate of drug-likeness (QED) is 0.671. The lowest BCUT2D eigenvalue weighted by atomic mass is 9.75. The van der Waals surface area contributed by atoms with Gasteiger partial charge in [0.05, 0.1) is 12.2 Å². The molecule has 0 aromatic rings. The minimum atomic E-state index is -0.267. The average Bonchev–Trinajstić information content (AvgIpc) is 2.09. The highest BCUT2D eigenvalue weighted by Crippen LogP contribution is 2.32. The van der Waals surface area contributed by atoms with Gasteiger partial charge in [0.25, 0.3) is 0 Å². The number of rotatable bonds is 2. The van der Waals surface area contributed by atoms with Crippen LogP contribution in [0.15, 0.2) is 0 Å². The standard InChI is InChI=1S/C10H18N2O/c1-8-6-9(13)10(2,7-12-8)4-3-5-11/h8-9,12-13H,3-4,6-7H2,1-2H3. The molecule has 0 aromatic carbocycles. The van der Waals surface area contributed by atoms with Crippen LogP contribution in [0.3, 0.4) is 0 Å². The molecule has 74 valence electrons. The summed E-state index contributed by atoms with van der Waals surface area (Å²) in [6, 6.07) is 2.53. The van der Waals surface area contributed by atoms with E-state index in [0.717, 1.165) is 19.4 Å². The zero-order chi connectivity index (χ0) is 9.90. The maximum Gasteiger partial charge on any atom is 0.0621 e. The van der Waals surface area contributed by atoms with Crippen molar-refractivity contribution >= 4 is 0 Å². The number of piperidine rings is 1. The Hall–Kier alpha value is -0.590. The van der Waals surface area contributed by atoms with Gasteiger partial charge in [-0.05, 0) is 19.8 Å². The van der Waals surface area contributed by atoms with Crippen LogP contribution in [0.4, 0.5) is 0 Å². The molecular formula is C10H18N2O. The van der Waals surface area contributed by atoms with E-state index >= 15 is 0 Å². The summed E-state index contributed by atoms with van der Waals surface area (Å²) < 4.78 is 0. The predicted octanol–water partition coefficient (Wildman–Crippen LogP) is 1.04. The fraction of sp³-hybridized carbons (Fsp3) is 0.900. The Morgan fingerprint density at radius 1 is 1.69 bits per heavy atom. The molecule has 0 radical (unpaired) electrons. The lowest BCUT2D eigenvalue weighted by Gasteiger charge is -2.41. The highest BCUT2D eigenvalue weighted by molar-refractivity contribution is 4.93. The molecule has 1 aliphatic heterocycles. The topological polar surface area (TPSA) is 56.0 Å². The first-order chi connectivity index (χ1) is 6.08. The van der Waals surface area contributed by atoms with Gasteiger partial charge in [0.2, 0.25) is 0 Å². The Morgan fingerprint density at radius 2 is 2.38 bits per heavy atom. The smallest absolute Gasteiger partial charge is 0.0621 e. The SMILES string of the molecule is CC1CC(O)C(C)(CCC#N)CN1. The fourth-order valence-corrected chi connectivity index (χ4v) is 1.82. The third-order valence-electron chi connectivity index (χ3n) is 3.04. The Morgan fingerprint density at radius 3 is 2.92 bits per heavy atom. The number of aliphatic hydroxyl groups is 1. The molecule has 13 heavy (non-hydrogen) atoms. The Balaban J connectivity index is 2.52. The molecule has 1 rings (SSSR count). The summed E-state index contributed by atoms with van der Waals surface area (Å²) in [5.41, 5.74) is -0.109. The molecule has 3 atom stereocenters. The number of hydrogen-bond acceptors (Lipinski definition) is 3. The van der Waals surface area contributed by atoms with Crippen molar-refractivity contribution in [3.05, 3.63) is 0 Å². The number of nitriles is 1. The van der Waals surface area contributed by atoms with Crippen molar-refractivity contribution < 1.29 is 5.11 Å². The fourth-order valence-electron chi connectivity index (χ4n) is 1.82. The minimum absolute atomic E-state index is 0.109. The molecule has 0 spiro atoms. The molecule has 3 nitrogen and oxygen atoms in total. The highest BCUT2D eigenvalue weighted by atomic mass is 16.3. The zero-order valence-electron chi connectivity index (χ0n) is 8.38. The molecule has 1 saturated heterocycles. The summed E-state index contributed by atoms with van der Waals surface area (Å²) in [5.74, 6) is 0. The van der Waals surface area contributed by atoms with Gasteiger partial charge >= 0.3 is 0 Å². The largest absolute Gasteiger partial charge is 0.392 e. The average molecular weight is 182 g/mol. The van der Waals surface area contributed by atoms with Gasteiger partial charge in [-0.25, -0.2) is 0 Å². The highest BCUT2D eigenvalue weighted by Gasteiger charge is 2.36. The molecule has 2 N–H and O–H groups in total. The Bertz CT molecular complexity index is 211. The van der Waals surface area contributed by atoms with Gasteiger partial charge in [-0.3, -0.25) is 0 Å². The van der Waals surface area contributed by atoms with E-state index in [-0.39, 0.29) is 11.5 Å². The molecule has 3 heteroatoms. The molecule has 0 amide bonds. The van der Waals surface area contributed by atoms with Crippen LogP contribution in [-0.4, -0.2) is 23.8 Å². The van der Waals surface area contributed by atoms with E-state index in [1.165, 1.54) is 0 Å². The summed E-state index contributed by atoms with van der Waals surface area (Å²) in [6.07, 6.45) is 1.84. The maximum absolute atomic E-state index is 9.88. The molecule has 0 bridgehead atoms. The van der Waals surface area contributed by atoms with Crippen molar-refractivity contribution in [2.24, 2.45) is 5.41 Å². The van der Waals surface area contributed by atoms with Crippen LogP contribution in [0, 0.1) is 16.7 Å². The molecule has 1 aliphatic rings. The van der Waals surface area contributed by atoms with Crippen molar-refractivity contribution in [2.45, 2.75) is 45.3 Å². The normalized spacial score (nSPS) is 39.8. The van der Waals surface area contributed by atoms with Crippen molar-refractivity contribution in [1.29, 1.82) is 5.26 Å². The summed E-state index contributed by atoms with van der Waals surface area (Å²) in [7, 11) is 0. The first-order valence-corrected chi connectivity index (χ1v) is 4.87. The number of hydrogen-bond donors (Lipinski definition) is 2. The second-order valence-electron chi connectivity index (χ2n) is 4.35. The van der Waals surface area contributed by atoms with Crippen molar-refractivity contribution in [3.63, 3.8) is 0 Å². The van der Waals surface area contributed by atoms with E-state index in [9.17, 15) is 5.11 Å². The summed E-state index contributed by atoms with van der Waals surface area (Å²) in [4.78, 5) is 0. The van der Waals surface area contributed by atoms with Crippen LogP contribution in [0.25, 0.3) is 0 Å². The summed E-state index contributed by atoms with van der Waals surface area (Å²) >= 11 is 0. The lowest BCUT2D eigenvalue weighted by molar-refractivity contribution is -0.00578. The van der Waals surface area contributed by atoms with E-state index < -0.39 is 0 Å². The van der Waals surface area contributed by atoms with Crippen LogP contribution in [0.2, 0.25) is 0 Å². The molecule has 1 heterocycles. The van der Waals surface area contributed by atoms with Crippen molar-refractivity contribution in [1.82, 2.24) is 5.32 Å². The third kappa shape index (κ3) is 2.43. The van der Waals surface area contributed by atoms with Gasteiger partial charge in [-0.2, -0.15) is 5.26 Å². The number of nitrogens with zero attached hydrogens (tertiary/aromatic N) is 1. The number of aliphatic hydroxyl groups excluding tert-OH is 1. The van der Waals surface area contributed by atoms with Crippen molar-refractivity contribution in [2.75, 3.05) is 6.54 Å². The van der Waals surface area contributed by atoms with Crippen LogP contribution >= 0.6 is 0 Å². The summed E-state index contributed by atoms with van der Waals surface area (Å²) in [5, 5.41) is 21.7. The van der Waals surface area contributed by atoms with Crippen LogP contribution in [-0.2, 0) is 0 Å². The van der Waals surface area contributed by atoms with E-state index in [0.29, 0.717) is 12.5 Å². The Labute approximate surface area is 79.8 Å². The van der Waals surface area contributed by atoms with E-state index in [1.807, 2.05) is 6.92 Å². The molecule has 0 saturated carbocycles. The minimum Gasteiger partial charge on any atom is -0.392 e. The lowest BCUT2D eigenvalue weighted by Crippen LogP contribution is -2.51. The molecule has 1 fully saturated rings. The molecule has 3 unspecified atom stereocenters. The van der Waals surface area contributed by atoms with Gasteiger partial charge in [-0.15, -0.1) is 0 Å². The third-order valence-corrected chi connectivity index (χ3v) is 3.04. The van der Waals surface area contributed by atoms with Gasteiger partial charge in [0, 0.05) is 24.4 Å². The molecular weight excluding hydrogens is 164 g/mol. The first kappa shape index (κ1) is 10.5. The van der Waals surface area contributed by atoms with E-state index in [1.54, 1.807) is 0 Å². The monoisotopic (exact) mass is 182 g/mol. The van der Waals surface area contributed by atoms with Gasteiger partial charge in [-0.1, -0.05) is 6.92 Å². The van der Waals surface area contributed by atoms with E-state index in [4.69, 9.17) is 5.26 Å². The Kier molecular flexibility index (Phi) is 3.29. The van der Waals surface area contributed by atoms with Crippen LogP contribution in [0.1, 0.15) is 33.1 Å². The predicted molar refractivity (Wildman–Crippen MR) is 51.0 cm³/mol. The first-order valence-electron chi connectivity index (χ1n) is 4.87. The van der Waals surface area contributed by atoms with Gasteiger partial charge in [0.15, 0.2) is 0 Å². The second-order valence-corrected chi connectivity index (χ2v) is 4.35.